The molecule has 0 radical (unpaired) electrons. The number of nitrogens with one attached hydrogen (secondary N) is 3. The van der Waals surface area contributed by atoms with E-state index in [1.54, 1.807) is 30.5 Å². The molecule has 0 atom stereocenters. The van der Waals surface area contributed by atoms with Crippen LogP contribution in [-0.2, 0) is 9.59 Å². The van der Waals surface area contributed by atoms with Crippen LogP contribution in [0.3, 0.4) is 0 Å². The van der Waals surface area contributed by atoms with Crippen LogP contribution < -0.4 is 25.6 Å². The Morgan fingerprint density at radius 1 is 1.03 bits per heavy atom. The van der Waals surface area contributed by atoms with E-state index in [1.807, 2.05) is 30.0 Å². The highest BCUT2D eigenvalue weighted by Gasteiger charge is 2.21. The third-order valence-corrected chi connectivity index (χ3v) is 5.07. The number of piperazine rings is 1. The maximum Gasteiger partial charge on any atom is 0.319 e. The average molecular weight is 455 g/mol. The van der Waals surface area contributed by atoms with Crippen LogP contribution in [0, 0.1) is 0 Å². The molecule has 2 heterocycles. The fourth-order valence-corrected chi connectivity index (χ4v) is 3.40. The molecular formula is C23H30N6O4. The zero-order valence-corrected chi connectivity index (χ0v) is 18.8. The van der Waals surface area contributed by atoms with E-state index in [2.05, 4.69) is 25.8 Å². The van der Waals surface area contributed by atoms with E-state index in [-0.39, 0.29) is 31.4 Å². The van der Waals surface area contributed by atoms with Gasteiger partial charge >= 0.3 is 6.03 Å². The van der Waals surface area contributed by atoms with E-state index < -0.39 is 6.03 Å². The second kappa shape index (κ2) is 12.3. The molecule has 2 aromatic rings. The lowest BCUT2D eigenvalue weighted by atomic mass is 10.2. The number of amides is 4. The molecule has 33 heavy (non-hydrogen) atoms. The number of nitrogens with zero attached hydrogens (tertiary/aromatic N) is 3. The summed E-state index contributed by atoms with van der Waals surface area (Å²) >= 11 is 0. The van der Waals surface area contributed by atoms with Crippen LogP contribution in [0.5, 0.6) is 5.75 Å². The Morgan fingerprint density at radius 2 is 1.85 bits per heavy atom. The minimum absolute atomic E-state index is 0.0109. The quantitative estimate of drug-likeness (QED) is 0.528. The summed E-state index contributed by atoms with van der Waals surface area (Å²) < 4.78 is 5.42. The summed E-state index contributed by atoms with van der Waals surface area (Å²) in [5, 5.41) is 8.05. The zero-order chi connectivity index (χ0) is 23.5. The van der Waals surface area contributed by atoms with Crippen LogP contribution >= 0.6 is 0 Å². The van der Waals surface area contributed by atoms with Crippen molar-refractivity contribution < 1.29 is 19.1 Å². The van der Waals surface area contributed by atoms with Crippen LogP contribution in [0.1, 0.15) is 13.3 Å². The SMILES string of the molecule is CCNC(=O)COc1cccc(NC(=O)NCCC(=O)N2CCN(c3ccccn3)CC2)c1. The van der Waals surface area contributed by atoms with Crippen LogP contribution in [0.2, 0.25) is 0 Å². The molecule has 0 unspecified atom stereocenters. The molecule has 3 N–H and O–H groups in total. The van der Waals surface area contributed by atoms with Crippen molar-refractivity contribution in [3.8, 4) is 5.75 Å². The first-order valence-corrected chi connectivity index (χ1v) is 11.0. The third-order valence-electron chi connectivity index (χ3n) is 5.07. The molecule has 4 amide bonds. The summed E-state index contributed by atoms with van der Waals surface area (Å²) in [5.74, 6) is 1.19. The Bertz CT molecular complexity index is 932. The van der Waals surface area contributed by atoms with Crippen LogP contribution in [0.4, 0.5) is 16.3 Å². The van der Waals surface area contributed by atoms with Gasteiger partial charge in [-0.05, 0) is 31.2 Å². The summed E-state index contributed by atoms with van der Waals surface area (Å²) in [5.41, 5.74) is 0.526. The fourth-order valence-electron chi connectivity index (χ4n) is 3.40. The van der Waals surface area contributed by atoms with E-state index in [0.717, 1.165) is 18.9 Å². The second-order valence-electron chi connectivity index (χ2n) is 7.46. The third kappa shape index (κ3) is 7.67. The van der Waals surface area contributed by atoms with E-state index in [1.165, 1.54) is 0 Å². The molecule has 0 aliphatic carbocycles. The Hall–Kier alpha value is -3.82. The van der Waals surface area contributed by atoms with E-state index in [4.69, 9.17) is 4.74 Å². The number of pyridine rings is 1. The number of likely N-dealkylation sites (N-methyl/N-ethyl adjacent to an activating group) is 1. The molecule has 0 saturated carbocycles. The van der Waals surface area contributed by atoms with E-state index in [0.29, 0.717) is 31.1 Å². The number of benzene rings is 1. The first-order chi connectivity index (χ1) is 16.0. The summed E-state index contributed by atoms with van der Waals surface area (Å²) in [4.78, 5) is 44.5. The molecule has 1 aromatic carbocycles. The molecule has 176 valence electrons. The van der Waals surface area contributed by atoms with Gasteiger partial charge in [0.15, 0.2) is 6.61 Å². The van der Waals surface area contributed by atoms with Gasteiger partial charge in [-0.3, -0.25) is 9.59 Å². The molecule has 3 rings (SSSR count). The van der Waals surface area contributed by atoms with Gasteiger partial charge < -0.3 is 30.5 Å². The number of aromatic nitrogens is 1. The first-order valence-electron chi connectivity index (χ1n) is 11.0. The normalized spacial score (nSPS) is 13.2. The monoisotopic (exact) mass is 454 g/mol. The molecule has 1 saturated heterocycles. The molecule has 1 fully saturated rings. The Kier molecular flexibility index (Phi) is 8.87. The van der Waals surface area contributed by atoms with Crippen molar-refractivity contribution in [1.82, 2.24) is 20.5 Å². The van der Waals surface area contributed by atoms with Gasteiger partial charge in [0.05, 0.1) is 0 Å². The number of urea groups is 1. The number of anilines is 2. The van der Waals surface area contributed by atoms with Gasteiger partial charge in [0.1, 0.15) is 11.6 Å². The van der Waals surface area contributed by atoms with Crippen molar-refractivity contribution in [3.63, 3.8) is 0 Å². The lowest BCUT2D eigenvalue weighted by molar-refractivity contribution is -0.131. The molecule has 1 aromatic heterocycles. The topological polar surface area (TPSA) is 116 Å². The largest absolute Gasteiger partial charge is 0.484 e. The number of rotatable bonds is 9. The van der Waals surface area contributed by atoms with Crippen LogP contribution in [0.25, 0.3) is 0 Å². The molecule has 0 spiro atoms. The predicted octanol–water partition coefficient (Wildman–Crippen LogP) is 1.46. The first kappa shape index (κ1) is 23.8. The van der Waals surface area contributed by atoms with Crippen molar-refractivity contribution in [1.29, 1.82) is 0 Å². The number of hydrogen-bond donors (Lipinski definition) is 3. The minimum Gasteiger partial charge on any atom is -0.484 e. The Labute approximate surface area is 193 Å². The van der Waals surface area contributed by atoms with E-state index >= 15 is 0 Å². The smallest absolute Gasteiger partial charge is 0.319 e. The number of carbonyl (C=O) groups excluding carboxylic acids is 3. The summed E-state index contributed by atoms with van der Waals surface area (Å²) in [6.07, 6.45) is 1.99. The maximum absolute atomic E-state index is 12.5. The summed E-state index contributed by atoms with van der Waals surface area (Å²) in [7, 11) is 0. The Balaban J connectivity index is 1.35. The molecule has 1 aliphatic heterocycles. The van der Waals surface area contributed by atoms with Crippen molar-refractivity contribution in [2.45, 2.75) is 13.3 Å². The van der Waals surface area contributed by atoms with Crippen LogP contribution in [0.15, 0.2) is 48.7 Å². The predicted molar refractivity (Wildman–Crippen MR) is 125 cm³/mol. The highest BCUT2D eigenvalue weighted by Crippen LogP contribution is 2.17. The Morgan fingerprint density at radius 3 is 2.58 bits per heavy atom. The van der Waals surface area contributed by atoms with Crippen molar-refractivity contribution >= 4 is 29.4 Å². The lowest BCUT2D eigenvalue weighted by Crippen LogP contribution is -2.49. The van der Waals surface area contributed by atoms with Gasteiger partial charge in [-0.2, -0.15) is 0 Å². The highest BCUT2D eigenvalue weighted by molar-refractivity contribution is 5.89. The molecule has 1 aliphatic rings. The molecule has 10 heteroatoms. The summed E-state index contributed by atoms with van der Waals surface area (Å²) in [6.45, 7) is 5.23. The van der Waals surface area contributed by atoms with Gasteiger partial charge in [0.2, 0.25) is 5.91 Å². The molecule has 0 bridgehead atoms. The van der Waals surface area contributed by atoms with Crippen molar-refractivity contribution in [2.75, 3.05) is 56.1 Å². The lowest BCUT2D eigenvalue weighted by Gasteiger charge is -2.35. The molecule has 10 nitrogen and oxygen atoms in total. The second-order valence-corrected chi connectivity index (χ2v) is 7.46. The van der Waals surface area contributed by atoms with Crippen molar-refractivity contribution in [3.05, 3.63) is 48.7 Å². The van der Waals surface area contributed by atoms with Crippen molar-refractivity contribution in [2.24, 2.45) is 0 Å². The standard InChI is InChI=1S/C23H30N6O4/c1-2-24-21(30)17-33-19-7-5-6-18(16-19)27-23(32)26-11-9-22(31)29-14-12-28(13-15-29)20-8-3-4-10-25-20/h3-8,10,16H,2,9,11-15,17H2,1H3,(H,24,30)(H2,26,27,32). The number of ether oxygens (including phenoxy) is 1. The number of hydrogen-bond acceptors (Lipinski definition) is 6. The van der Waals surface area contributed by atoms with Gasteiger partial charge in [-0.1, -0.05) is 12.1 Å². The maximum atomic E-state index is 12.5. The van der Waals surface area contributed by atoms with E-state index in [9.17, 15) is 14.4 Å². The van der Waals surface area contributed by atoms with Crippen LogP contribution in [-0.4, -0.2) is 73.6 Å². The van der Waals surface area contributed by atoms with Gasteiger partial charge in [0.25, 0.3) is 5.91 Å². The minimum atomic E-state index is -0.413. The molecular weight excluding hydrogens is 424 g/mol. The average Bonchev–Trinajstić information content (AvgIpc) is 2.84. The van der Waals surface area contributed by atoms with Gasteiger partial charge in [0, 0.05) is 63.6 Å². The fraction of sp³-hybridized carbons (Fsp3) is 0.391. The van der Waals surface area contributed by atoms with Gasteiger partial charge in [-0.15, -0.1) is 0 Å². The number of carbonyl (C=O) groups is 3. The zero-order valence-electron chi connectivity index (χ0n) is 18.8. The van der Waals surface area contributed by atoms with Gasteiger partial charge in [-0.25, -0.2) is 9.78 Å². The summed E-state index contributed by atoms with van der Waals surface area (Å²) in [6, 6.07) is 12.1. The highest BCUT2D eigenvalue weighted by atomic mass is 16.5.